The monoisotopic (exact) mass is 542 g/mol. The van der Waals surface area contributed by atoms with Gasteiger partial charge in [0.15, 0.2) is 5.96 Å². The number of nitrogens with one attached hydrogen (secondary N) is 1. The zero-order valence-corrected chi connectivity index (χ0v) is 19.1. The maximum Gasteiger partial charge on any atom is 0.193 e. The van der Waals surface area contributed by atoms with Crippen LogP contribution in [0.5, 0.6) is 0 Å². The van der Waals surface area contributed by atoms with Crippen LogP contribution < -0.4 is 5.32 Å². The van der Waals surface area contributed by atoms with Gasteiger partial charge in [-0.1, -0.05) is 33.6 Å². The van der Waals surface area contributed by atoms with Crippen LogP contribution in [0, 0.1) is 0 Å². The average Bonchev–Trinajstić information content (AvgIpc) is 3.08. The van der Waals surface area contributed by atoms with Crippen molar-refractivity contribution in [3.05, 3.63) is 33.3 Å². The summed E-state index contributed by atoms with van der Waals surface area (Å²) in [5, 5.41) is 4.21. The minimum atomic E-state index is 0. The molecule has 1 aromatic rings. The highest BCUT2D eigenvalue weighted by Gasteiger charge is 2.30. The van der Waals surface area contributed by atoms with Crippen LogP contribution in [-0.4, -0.2) is 68.2 Å². The summed E-state index contributed by atoms with van der Waals surface area (Å²) in [5.74, 6) is 0.949. The molecule has 2 aliphatic rings. The lowest BCUT2D eigenvalue weighted by Crippen LogP contribution is -2.46. The van der Waals surface area contributed by atoms with E-state index in [2.05, 4.69) is 36.0 Å². The van der Waals surface area contributed by atoms with E-state index in [4.69, 9.17) is 16.3 Å². The summed E-state index contributed by atoms with van der Waals surface area (Å²) in [6, 6.07) is 6.57. The summed E-state index contributed by atoms with van der Waals surface area (Å²) >= 11 is 9.74. The summed E-state index contributed by atoms with van der Waals surface area (Å²) < 4.78 is 6.45. The Morgan fingerprint density at radius 1 is 1.36 bits per heavy atom. The maximum atomic E-state index is 6.30. The minimum absolute atomic E-state index is 0. The SMILES string of the molecule is CN=C(NCc1ccc(Br)cc1Cl)N1CCC(N2CCOCC2)C1.I. The van der Waals surface area contributed by atoms with Crippen LogP contribution in [0.4, 0.5) is 0 Å². The van der Waals surface area contributed by atoms with E-state index in [0.29, 0.717) is 12.6 Å². The first-order valence-electron chi connectivity index (χ1n) is 8.38. The number of aliphatic imine (C=N–C) groups is 1. The highest BCUT2D eigenvalue weighted by Crippen LogP contribution is 2.22. The predicted octanol–water partition coefficient (Wildman–Crippen LogP) is 3.20. The maximum absolute atomic E-state index is 6.30. The van der Waals surface area contributed by atoms with Gasteiger partial charge >= 0.3 is 0 Å². The molecule has 0 aliphatic carbocycles. The number of likely N-dealkylation sites (tertiary alicyclic amines) is 1. The summed E-state index contributed by atoms with van der Waals surface area (Å²) in [7, 11) is 1.84. The van der Waals surface area contributed by atoms with Gasteiger partial charge in [0.2, 0.25) is 0 Å². The Kier molecular flexibility index (Phi) is 8.74. The second-order valence-corrected chi connectivity index (χ2v) is 7.50. The second kappa shape index (κ2) is 10.3. The van der Waals surface area contributed by atoms with E-state index in [1.54, 1.807) is 0 Å². The van der Waals surface area contributed by atoms with Gasteiger partial charge in [-0.15, -0.1) is 24.0 Å². The van der Waals surface area contributed by atoms with Crippen molar-refractivity contribution in [2.75, 3.05) is 46.4 Å². The van der Waals surface area contributed by atoms with Crippen LogP contribution in [0.15, 0.2) is 27.7 Å². The third-order valence-corrected chi connectivity index (χ3v) is 5.53. The van der Waals surface area contributed by atoms with Crippen molar-refractivity contribution in [3.8, 4) is 0 Å². The fraction of sp³-hybridized carbons (Fsp3) is 0.588. The van der Waals surface area contributed by atoms with Crippen LogP contribution in [0.2, 0.25) is 5.02 Å². The Balaban J connectivity index is 0.00000225. The number of halogens is 3. The highest BCUT2D eigenvalue weighted by molar-refractivity contribution is 14.0. The molecule has 8 heteroatoms. The Bertz CT molecular complexity index is 598. The van der Waals surface area contributed by atoms with Gasteiger partial charge in [-0.3, -0.25) is 9.89 Å². The number of guanidine groups is 1. The molecule has 3 rings (SSSR count). The number of nitrogens with zero attached hydrogens (tertiary/aromatic N) is 3. The standard InChI is InChI=1S/C17H24BrClN4O.HI/c1-20-17(21-11-13-2-3-14(18)10-16(13)19)23-5-4-15(12-23)22-6-8-24-9-7-22;/h2-3,10,15H,4-9,11-12H2,1H3,(H,20,21);1H. The number of rotatable bonds is 3. The Morgan fingerprint density at radius 2 is 2.12 bits per heavy atom. The molecule has 0 bridgehead atoms. The molecule has 2 aliphatic heterocycles. The van der Waals surface area contributed by atoms with Gasteiger partial charge in [0.25, 0.3) is 0 Å². The van der Waals surface area contributed by atoms with E-state index in [-0.39, 0.29) is 24.0 Å². The van der Waals surface area contributed by atoms with Crippen molar-refractivity contribution in [3.63, 3.8) is 0 Å². The van der Waals surface area contributed by atoms with Crippen molar-refractivity contribution < 1.29 is 4.74 Å². The van der Waals surface area contributed by atoms with Crippen LogP contribution in [0.25, 0.3) is 0 Å². The third-order valence-electron chi connectivity index (χ3n) is 4.69. The largest absolute Gasteiger partial charge is 0.379 e. The zero-order valence-electron chi connectivity index (χ0n) is 14.4. The molecule has 0 aromatic heterocycles. The van der Waals surface area contributed by atoms with Crippen molar-refractivity contribution in [1.82, 2.24) is 15.1 Å². The molecule has 0 radical (unpaired) electrons. The highest BCUT2D eigenvalue weighted by atomic mass is 127. The summed E-state index contributed by atoms with van der Waals surface area (Å²) in [6.07, 6.45) is 1.18. The minimum Gasteiger partial charge on any atom is -0.379 e. The van der Waals surface area contributed by atoms with E-state index in [9.17, 15) is 0 Å². The van der Waals surface area contributed by atoms with E-state index < -0.39 is 0 Å². The van der Waals surface area contributed by atoms with Gasteiger partial charge in [-0.25, -0.2) is 0 Å². The van der Waals surface area contributed by atoms with Crippen molar-refractivity contribution in [1.29, 1.82) is 0 Å². The summed E-state index contributed by atoms with van der Waals surface area (Å²) in [5.41, 5.74) is 1.07. The molecule has 0 amide bonds. The van der Waals surface area contributed by atoms with Gasteiger partial charge in [0.05, 0.1) is 13.2 Å². The summed E-state index contributed by atoms with van der Waals surface area (Å²) in [4.78, 5) is 9.33. The van der Waals surface area contributed by atoms with E-state index >= 15 is 0 Å². The van der Waals surface area contributed by atoms with Crippen LogP contribution in [0.3, 0.4) is 0 Å². The lowest BCUT2D eigenvalue weighted by Gasteiger charge is -2.32. The Hall–Kier alpha value is -0.0900. The third kappa shape index (κ3) is 5.69. The topological polar surface area (TPSA) is 40.1 Å². The molecule has 140 valence electrons. The number of hydrogen-bond acceptors (Lipinski definition) is 3. The number of benzene rings is 1. The lowest BCUT2D eigenvalue weighted by atomic mass is 10.2. The zero-order chi connectivity index (χ0) is 16.9. The lowest BCUT2D eigenvalue weighted by molar-refractivity contribution is 0.0195. The molecular formula is C17H25BrClIN4O. The molecule has 5 nitrogen and oxygen atoms in total. The van der Waals surface area contributed by atoms with Crippen LogP contribution >= 0.6 is 51.5 Å². The van der Waals surface area contributed by atoms with Gasteiger partial charge < -0.3 is 15.0 Å². The Labute approximate surface area is 180 Å². The molecule has 1 atom stereocenters. The molecule has 1 unspecified atom stereocenters. The normalized spacial score (nSPS) is 22.0. The molecule has 25 heavy (non-hydrogen) atoms. The number of hydrogen-bond donors (Lipinski definition) is 1. The van der Waals surface area contributed by atoms with E-state index in [1.165, 1.54) is 6.42 Å². The molecule has 0 spiro atoms. The first-order chi connectivity index (χ1) is 11.7. The van der Waals surface area contributed by atoms with Crippen LogP contribution in [-0.2, 0) is 11.3 Å². The molecule has 2 heterocycles. The van der Waals surface area contributed by atoms with E-state index in [1.807, 2.05) is 25.2 Å². The molecule has 2 saturated heterocycles. The number of morpholine rings is 1. The fourth-order valence-electron chi connectivity index (χ4n) is 3.35. The van der Waals surface area contributed by atoms with Crippen molar-refractivity contribution >= 4 is 57.5 Å². The molecule has 2 fully saturated rings. The van der Waals surface area contributed by atoms with E-state index in [0.717, 1.165) is 60.4 Å². The van der Waals surface area contributed by atoms with Gasteiger partial charge in [-0.2, -0.15) is 0 Å². The average molecular weight is 544 g/mol. The van der Waals surface area contributed by atoms with Gasteiger partial charge in [0.1, 0.15) is 0 Å². The number of ether oxygens (including phenoxy) is 1. The second-order valence-electron chi connectivity index (χ2n) is 6.17. The Morgan fingerprint density at radius 3 is 2.80 bits per heavy atom. The van der Waals surface area contributed by atoms with Gasteiger partial charge in [-0.05, 0) is 24.1 Å². The van der Waals surface area contributed by atoms with Crippen LogP contribution in [0.1, 0.15) is 12.0 Å². The van der Waals surface area contributed by atoms with Crippen molar-refractivity contribution in [2.24, 2.45) is 4.99 Å². The fourth-order valence-corrected chi connectivity index (χ4v) is 4.09. The molecule has 0 saturated carbocycles. The first-order valence-corrected chi connectivity index (χ1v) is 9.56. The van der Waals surface area contributed by atoms with Gasteiger partial charge in [0, 0.05) is 55.3 Å². The molecule has 1 N–H and O–H groups in total. The quantitative estimate of drug-likeness (QED) is 0.361. The molecule has 1 aromatic carbocycles. The smallest absolute Gasteiger partial charge is 0.193 e. The predicted molar refractivity (Wildman–Crippen MR) is 117 cm³/mol. The first kappa shape index (κ1) is 21.2. The van der Waals surface area contributed by atoms with Crippen molar-refractivity contribution in [2.45, 2.75) is 19.0 Å². The summed E-state index contributed by atoms with van der Waals surface area (Å²) in [6.45, 7) is 6.52. The molecular weight excluding hydrogens is 518 g/mol.